The Morgan fingerprint density at radius 1 is 1.05 bits per heavy atom. The number of nitrogens with one attached hydrogen (secondary N) is 2. The van der Waals surface area contributed by atoms with Crippen molar-refractivity contribution < 1.29 is 23.5 Å². The number of H-pyrrole nitrogens is 1. The zero-order chi connectivity index (χ0) is 27.4. The number of methoxy groups -OCH3 is 1. The molecule has 9 nitrogen and oxygen atoms in total. The lowest BCUT2D eigenvalue weighted by Crippen LogP contribution is -2.37. The average Bonchev–Trinajstić information content (AvgIpc) is 2.91. The van der Waals surface area contributed by atoms with Crippen LogP contribution in [0.1, 0.15) is 51.7 Å². The number of aromatic amines is 1. The summed E-state index contributed by atoms with van der Waals surface area (Å²) in [5.41, 5.74) is 0.0844. The topological polar surface area (TPSA) is 119 Å². The maximum atomic E-state index is 14.6. The number of hydrogen-bond donors (Lipinski definition) is 2. The fourth-order valence-corrected chi connectivity index (χ4v) is 4.06. The lowest BCUT2D eigenvalue weighted by Gasteiger charge is -2.16. The third-order valence-corrected chi connectivity index (χ3v) is 6.16. The van der Waals surface area contributed by atoms with E-state index in [2.05, 4.69) is 10.3 Å². The Labute approximate surface area is 216 Å². The van der Waals surface area contributed by atoms with Crippen molar-refractivity contribution in [2.24, 2.45) is 0 Å². The maximum absolute atomic E-state index is 14.6. The summed E-state index contributed by atoms with van der Waals surface area (Å²) < 4.78 is 25.5. The lowest BCUT2D eigenvalue weighted by atomic mass is 10.0. The highest BCUT2D eigenvalue weighted by Gasteiger charge is 2.20. The highest BCUT2D eigenvalue weighted by atomic mass is 19.1. The number of benzene rings is 3. The van der Waals surface area contributed by atoms with Crippen LogP contribution in [0.4, 0.5) is 4.39 Å². The standard InChI is InChI=1S/C28H26FN3O6/c1-4-38-27(35)21-11-7-18(14-23(21)29)16(2)32-26(34)22-13-19(8-12-24(22)31-28(32)36)25(33)30-15-17-5-9-20(37-3)10-6-17/h5-14,16H,4,15H2,1-3H3,(H,30,33)(H,31,36). The van der Waals surface area contributed by atoms with Crippen LogP contribution < -0.4 is 21.3 Å². The maximum Gasteiger partial charge on any atom is 0.341 e. The van der Waals surface area contributed by atoms with Gasteiger partial charge in [0.05, 0.1) is 36.2 Å². The smallest absolute Gasteiger partial charge is 0.341 e. The molecule has 0 fully saturated rings. The van der Waals surface area contributed by atoms with Gasteiger partial charge in [0.2, 0.25) is 0 Å². The van der Waals surface area contributed by atoms with Crippen LogP contribution in [0.2, 0.25) is 0 Å². The molecule has 38 heavy (non-hydrogen) atoms. The van der Waals surface area contributed by atoms with Crippen LogP contribution in [-0.2, 0) is 11.3 Å². The van der Waals surface area contributed by atoms with E-state index in [1.54, 1.807) is 33.1 Å². The molecule has 0 spiro atoms. The Balaban J connectivity index is 1.62. The molecule has 196 valence electrons. The molecular formula is C28H26FN3O6. The molecule has 4 aromatic rings. The number of amides is 1. The van der Waals surface area contributed by atoms with Crippen LogP contribution in [0.5, 0.6) is 5.75 Å². The van der Waals surface area contributed by atoms with Gasteiger partial charge in [-0.25, -0.2) is 14.0 Å². The van der Waals surface area contributed by atoms with E-state index in [9.17, 15) is 23.6 Å². The van der Waals surface area contributed by atoms with Crippen LogP contribution in [0.15, 0.2) is 70.3 Å². The van der Waals surface area contributed by atoms with E-state index >= 15 is 0 Å². The molecule has 0 radical (unpaired) electrons. The summed E-state index contributed by atoms with van der Waals surface area (Å²) >= 11 is 0. The normalized spacial score (nSPS) is 11.7. The van der Waals surface area contributed by atoms with Gasteiger partial charge in [0.25, 0.3) is 11.5 Å². The van der Waals surface area contributed by atoms with Gasteiger partial charge in [0.15, 0.2) is 0 Å². The third kappa shape index (κ3) is 5.34. The molecule has 0 saturated heterocycles. The highest BCUT2D eigenvalue weighted by Crippen LogP contribution is 2.20. The van der Waals surface area contributed by atoms with Crippen LogP contribution in [0, 0.1) is 5.82 Å². The summed E-state index contributed by atoms with van der Waals surface area (Å²) in [6, 6.07) is 14.6. The number of aromatic nitrogens is 2. The average molecular weight is 520 g/mol. The number of rotatable bonds is 8. The van der Waals surface area contributed by atoms with Crippen molar-refractivity contribution in [2.45, 2.75) is 26.4 Å². The molecule has 0 saturated carbocycles. The van der Waals surface area contributed by atoms with Crippen LogP contribution in [-0.4, -0.2) is 35.1 Å². The van der Waals surface area contributed by atoms with Crippen LogP contribution in [0.25, 0.3) is 10.9 Å². The Bertz CT molecular complexity index is 1620. The van der Waals surface area contributed by atoms with Crippen LogP contribution >= 0.6 is 0 Å². The second kappa shape index (κ2) is 11.1. The first-order valence-corrected chi connectivity index (χ1v) is 11.9. The molecule has 0 bridgehead atoms. The number of halogens is 1. The van der Waals surface area contributed by atoms with E-state index in [0.29, 0.717) is 11.3 Å². The summed E-state index contributed by atoms with van der Waals surface area (Å²) in [4.78, 5) is 53.5. The van der Waals surface area contributed by atoms with Crippen molar-refractivity contribution >= 4 is 22.8 Å². The summed E-state index contributed by atoms with van der Waals surface area (Å²) in [5.74, 6) is -1.33. The summed E-state index contributed by atoms with van der Waals surface area (Å²) in [6.45, 7) is 3.54. The van der Waals surface area contributed by atoms with Gasteiger partial charge in [0.1, 0.15) is 11.6 Å². The Kier molecular flexibility index (Phi) is 7.71. The van der Waals surface area contributed by atoms with Gasteiger partial charge in [-0.1, -0.05) is 18.2 Å². The van der Waals surface area contributed by atoms with Gasteiger partial charge in [-0.15, -0.1) is 0 Å². The first-order chi connectivity index (χ1) is 18.2. The molecule has 1 unspecified atom stereocenters. The first-order valence-electron chi connectivity index (χ1n) is 11.9. The lowest BCUT2D eigenvalue weighted by molar-refractivity contribution is 0.0521. The van der Waals surface area contributed by atoms with Gasteiger partial charge >= 0.3 is 11.7 Å². The molecular weight excluding hydrogens is 493 g/mol. The van der Waals surface area contributed by atoms with Crippen LogP contribution in [0.3, 0.4) is 0 Å². The Morgan fingerprint density at radius 2 is 1.79 bits per heavy atom. The van der Waals surface area contributed by atoms with Gasteiger partial charge in [-0.05, 0) is 67.4 Å². The van der Waals surface area contributed by atoms with Gasteiger partial charge in [0, 0.05) is 12.1 Å². The summed E-state index contributed by atoms with van der Waals surface area (Å²) in [5, 5.41) is 2.92. The van der Waals surface area contributed by atoms with Crippen molar-refractivity contribution in [3.8, 4) is 5.75 Å². The molecule has 1 aromatic heterocycles. The minimum atomic E-state index is -0.867. The second-order valence-corrected chi connectivity index (χ2v) is 8.53. The molecule has 1 heterocycles. The molecule has 2 N–H and O–H groups in total. The predicted octanol–water partition coefficient (Wildman–Crippen LogP) is 3.55. The zero-order valence-electron chi connectivity index (χ0n) is 21.0. The summed E-state index contributed by atoms with van der Waals surface area (Å²) in [6.07, 6.45) is 0. The molecule has 0 aliphatic carbocycles. The number of carbonyl (C=O) groups excluding carboxylic acids is 2. The molecule has 0 aliphatic heterocycles. The molecule has 3 aromatic carbocycles. The van der Waals surface area contributed by atoms with Gasteiger partial charge < -0.3 is 19.8 Å². The number of nitrogens with zero attached hydrogens (tertiary/aromatic N) is 1. The van der Waals surface area contributed by atoms with Crippen molar-refractivity contribution in [3.63, 3.8) is 0 Å². The minimum absolute atomic E-state index is 0.0970. The largest absolute Gasteiger partial charge is 0.497 e. The Morgan fingerprint density at radius 3 is 2.45 bits per heavy atom. The highest BCUT2D eigenvalue weighted by molar-refractivity contribution is 5.97. The van der Waals surface area contributed by atoms with E-state index in [4.69, 9.17) is 9.47 Å². The number of esters is 1. The fraction of sp³-hybridized carbons (Fsp3) is 0.214. The van der Waals surface area contributed by atoms with Crippen molar-refractivity contribution in [1.82, 2.24) is 14.9 Å². The molecule has 0 aliphatic rings. The molecule has 1 atom stereocenters. The first kappa shape index (κ1) is 26.3. The van der Waals surface area contributed by atoms with Crippen molar-refractivity contribution in [3.05, 3.63) is 110 Å². The number of ether oxygens (including phenoxy) is 2. The van der Waals surface area contributed by atoms with E-state index < -0.39 is 35.0 Å². The minimum Gasteiger partial charge on any atom is -0.497 e. The quantitative estimate of drug-likeness (QED) is 0.344. The van der Waals surface area contributed by atoms with E-state index in [1.807, 2.05) is 12.1 Å². The third-order valence-electron chi connectivity index (χ3n) is 6.16. The molecule has 10 heteroatoms. The van der Waals surface area contributed by atoms with Crippen molar-refractivity contribution in [1.29, 1.82) is 0 Å². The second-order valence-electron chi connectivity index (χ2n) is 8.53. The zero-order valence-corrected chi connectivity index (χ0v) is 21.0. The Hall–Kier alpha value is -4.73. The summed E-state index contributed by atoms with van der Waals surface area (Å²) in [7, 11) is 1.57. The monoisotopic (exact) mass is 519 g/mol. The molecule has 4 rings (SSSR count). The molecule has 1 amide bonds. The van der Waals surface area contributed by atoms with Gasteiger partial charge in [-0.2, -0.15) is 0 Å². The van der Waals surface area contributed by atoms with Gasteiger partial charge in [-0.3, -0.25) is 14.2 Å². The number of hydrogen-bond acceptors (Lipinski definition) is 6. The van der Waals surface area contributed by atoms with E-state index in [-0.39, 0.29) is 35.2 Å². The number of fused-ring (bicyclic) bond motifs is 1. The fourth-order valence-electron chi connectivity index (χ4n) is 4.06. The van der Waals surface area contributed by atoms with E-state index in [0.717, 1.165) is 16.2 Å². The SMILES string of the molecule is CCOC(=O)c1ccc(C(C)n2c(=O)[nH]c3ccc(C(=O)NCc4ccc(OC)cc4)cc3c2=O)cc1F. The van der Waals surface area contributed by atoms with E-state index in [1.165, 1.54) is 30.3 Å². The predicted molar refractivity (Wildman–Crippen MR) is 139 cm³/mol. The van der Waals surface area contributed by atoms with Crippen molar-refractivity contribution in [2.75, 3.05) is 13.7 Å². The number of carbonyl (C=O) groups is 2.